The number of furan rings is 1. The maximum atomic E-state index is 6.60. The molecule has 318 valence electrons. The van der Waals surface area contributed by atoms with E-state index in [1.165, 1.54) is 32.8 Å². The van der Waals surface area contributed by atoms with E-state index in [1.807, 2.05) is 12.1 Å². The van der Waals surface area contributed by atoms with Crippen molar-refractivity contribution < 1.29 is 9.15 Å². The van der Waals surface area contributed by atoms with Crippen molar-refractivity contribution in [3.8, 4) is 61.7 Å². The number of benzene rings is 11. The number of fused-ring (bicyclic) bond motifs is 10. The summed E-state index contributed by atoms with van der Waals surface area (Å²) in [6.07, 6.45) is 0. The summed E-state index contributed by atoms with van der Waals surface area (Å²) < 4.78 is 15.4. The quantitative estimate of drug-likeness (QED) is 0.160. The third-order valence-electron chi connectivity index (χ3n) is 13.8. The van der Waals surface area contributed by atoms with E-state index in [-0.39, 0.29) is 0 Å². The van der Waals surface area contributed by atoms with Crippen LogP contribution >= 0.6 is 0 Å². The van der Waals surface area contributed by atoms with Gasteiger partial charge in [0.05, 0.1) is 22.4 Å². The predicted octanol–water partition coefficient (Wildman–Crippen LogP) is 18.1. The van der Waals surface area contributed by atoms with E-state index in [0.717, 1.165) is 100 Å². The van der Waals surface area contributed by atoms with Crippen molar-refractivity contribution in [3.05, 3.63) is 243 Å². The maximum Gasteiger partial charge on any atom is 0.152 e. The van der Waals surface area contributed by atoms with Crippen molar-refractivity contribution in [2.24, 2.45) is 0 Å². The highest BCUT2D eigenvalue weighted by Crippen LogP contribution is 2.48. The molecule has 1 aliphatic rings. The maximum absolute atomic E-state index is 6.60. The largest absolute Gasteiger partial charge is 0.455 e. The minimum Gasteiger partial charge on any atom is -0.455 e. The van der Waals surface area contributed by atoms with E-state index in [1.54, 1.807) is 0 Å². The molecule has 4 nitrogen and oxygen atoms in total. The molecule has 11 aromatic carbocycles. The fourth-order valence-corrected chi connectivity index (χ4v) is 10.6. The summed E-state index contributed by atoms with van der Waals surface area (Å²) in [5.74, 6) is 1.73. The SMILES string of the molecule is c1ccc(-c2ccc(-c3ccc(N(c4ccc(-c5cccc6oc7c8ccccc8ccc7c56)cc4)c4ccccc4-c4ccc5c(c4)c4cccc6c4n5-c4ccccc4O6)cc3)cc2)cc1. The molecule has 0 atom stereocenters. The van der Waals surface area contributed by atoms with Crippen molar-refractivity contribution >= 4 is 71.6 Å². The molecule has 0 spiro atoms. The molecule has 0 saturated carbocycles. The van der Waals surface area contributed by atoms with Gasteiger partial charge in [-0.3, -0.25) is 0 Å². The Morgan fingerprint density at radius 3 is 1.78 bits per heavy atom. The second kappa shape index (κ2) is 15.2. The fraction of sp³-hybridized carbons (Fsp3) is 0. The van der Waals surface area contributed by atoms with Crippen molar-refractivity contribution in [1.82, 2.24) is 4.57 Å². The Morgan fingerprint density at radius 1 is 0.368 bits per heavy atom. The third kappa shape index (κ3) is 6.01. The van der Waals surface area contributed by atoms with Gasteiger partial charge in [0.15, 0.2) is 11.5 Å². The number of hydrogen-bond acceptors (Lipinski definition) is 3. The van der Waals surface area contributed by atoms with Crippen LogP contribution in [0.15, 0.2) is 247 Å². The number of nitrogens with zero attached hydrogens (tertiary/aromatic N) is 2. The Hall–Kier alpha value is -9.12. The number of anilines is 3. The van der Waals surface area contributed by atoms with Crippen LogP contribution in [0.5, 0.6) is 11.5 Å². The van der Waals surface area contributed by atoms with Gasteiger partial charge in [0.1, 0.15) is 11.2 Å². The lowest BCUT2D eigenvalue weighted by molar-refractivity contribution is 0.476. The van der Waals surface area contributed by atoms with Crippen LogP contribution in [0.3, 0.4) is 0 Å². The first-order valence-electron chi connectivity index (χ1n) is 23.2. The van der Waals surface area contributed by atoms with E-state index in [2.05, 4.69) is 240 Å². The normalized spacial score (nSPS) is 11.9. The van der Waals surface area contributed by atoms with Crippen LogP contribution in [0.2, 0.25) is 0 Å². The number of ether oxygens (including phenoxy) is 1. The molecule has 0 aliphatic carbocycles. The molecule has 1 aliphatic heterocycles. The molecule has 0 saturated heterocycles. The minimum atomic E-state index is 0.861. The Balaban J connectivity index is 0.902. The summed E-state index contributed by atoms with van der Waals surface area (Å²) in [5, 5.41) is 6.90. The summed E-state index contributed by atoms with van der Waals surface area (Å²) in [6, 6.07) is 87.0. The lowest BCUT2D eigenvalue weighted by atomic mass is 9.97. The number of aromatic nitrogens is 1. The summed E-state index contributed by atoms with van der Waals surface area (Å²) in [6.45, 7) is 0. The zero-order valence-electron chi connectivity index (χ0n) is 36.8. The standard InChI is InChI=1S/C64H40N2O2/c1-2-12-41(13-3-1)42-24-26-43(27-25-42)44-28-34-48(35-29-44)65(49-36-30-46(31-37-49)51-17-10-22-60-62(51)54-38-32-45-14-4-5-16-52(45)64(54)68-60)56-19-7-6-15-50(56)47-33-39-57-55(40-47)53-18-11-23-61-63(53)66(57)58-20-8-9-21-59(58)67-61/h1-40H. The Bertz CT molecular complexity index is 4090. The third-order valence-corrected chi connectivity index (χ3v) is 13.8. The van der Waals surface area contributed by atoms with Gasteiger partial charge in [0.25, 0.3) is 0 Å². The van der Waals surface area contributed by atoms with Crippen molar-refractivity contribution in [3.63, 3.8) is 0 Å². The summed E-state index contributed by atoms with van der Waals surface area (Å²) >= 11 is 0. The Labute approximate surface area is 392 Å². The molecular weight excluding hydrogens is 829 g/mol. The van der Waals surface area contributed by atoms with Gasteiger partial charge < -0.3 is 18.6 Å². The zero-order valence-corrected chi connectivity index (χ0v) is 36.8. The van der Waals surface area contributed by atoms with Crippen LogP contribution in [-0.4, -0.2) is 4.57 Å². The molecule has 0 unspecified atom stereocenters. The summed E-state index contributed by atoms with van der Waals surface area (Å²) in [7, 11) is 0. The highest BCUT2D eigenvalue weighted by Gasteiger charge is 2.25. The lowest BCUT2D eigenvalue weighted by Crippen LogP contribution is -2.11. The summed E-state index contributed by atoms with van der Waals surface area (Å²) in [4.78, 5) is 2.39. The first kappa shape index (κ1) is 38.2. The molecule has 0 fully saturated rings. The van der Waals surface area contributed by atoms with Crippen LogP contribution in [0.1, 0.15) is 0 Å². The zero-order chi connectivity index (χ0) is 44.7. The van der Waals surface area contributed by atoms with E-state index < -0.39 is 0 Å². The highest BCUT2D eigenvalue weighted by atomic mass is 16.5. The molecule has 0 amide bonds. The van der Waals surface area contributed by atoms with Gasteiger partial charge in [-0.1, -0.05) is 170 Å². The molecule has 4 heteroatoms. The average Bonchev–Trinajstić information content (AvgIpc) is 3.97. The molecule has 0 bridgehead atoms. The Kier molecular flexibility index (Phi) is 8.55. The lowest BCUT2D eigenvalue weighted by Gasteiger charge is -2.28. The average molecular weight is 869 g/mol. The van der Waals surface area contributed by atoms with Crippen LogP contribution < -0.4 is 9.64 Å². The van der Waals surface area contributed by atoms with Crippen LogP contribution in [0.4, 0.5) is 17.1 Å². The molecule has 14 rings (SSSR count). The monoisotopic (exact) mass is 868 g/mol. The number of para-hydroxylation sites is 4. The predicted molar refractivity (Wildman–Crippen MR) is 282 cm³/mol. The smallest absolute Gasteiger partial charge is 0.152 e. The van der Waals surface area contributed by atoms with Crippen LogP contribution in [0.25, 0.3) is 105 Å². The topological polar surface area (TPSA) is 30.5 Å². The Morgan fingerprint density at radius 2 is 0.971 bits per heavy atom. The van der Waals surface area contributed by atoms with E-state index >= 15 is 0 Å². The first-order valence-corrected chi connectivity index (χ1v) is 23.2. The summed E-state index contributed by atoms with van der Waals surface area (Å²) in [5.41, 5.74) is 17.6. The van der Waals surface area contributed by atoms with Crippen molar-refractivity contribution in [2.45, 2.75) is 0 Å². The van der Waals surface area contributed by atoms with Crippen LogP contribution in [0, 0.1) is 0 Å². The number of hydrogen-bond donors (Lipinski definition) is 0. The first-order chi connectivity index (χ1) is 33.7. The molecule has 0 N–H and O–H groups in total. The second-order valence-electron chi connectivity index (χ2n) is 17.6. The van der Waals surface area contributed by atoms with Crippen molar-refractivity contribution in [2.75, 3.05) is 4.90 Å². The van der Waals surface area contributed by atoms with Crippen molar-refractivity contribution in [1.29, 1.82) is 0 Å². The highest BCUT2D eigenvalue weighted by molar-refractivity contribution is 6.19. The van der Waals surface area contributed by atoms with Crippen LogP contribution in [-0.2, 0) is 0 Å². The minimum absolute atomic E-state index is 0.861. The van der Waals surface area contributed by atoms with Gasteiger partial charge in [-0.25, -0.2) is 0 Å². The van der Waals surface area contributed by atoms with E-state index in [9.17, 15) is 0 Å². The van der Waals surface area contributed by atoms with Gasteiger partial charge in [0.2, 0.25) is 0 Å². The molecule has 3 heterocycles. The van der Waals surface area contributed by atoms with Gasteiger partial charge >= 0.3 is 0 Å². The molecule has 2 aromatic heterocycles. The second-order valence-corrected chi connectivity index (χ2v) is 17.6. The van der Waals surface area contributed by atoms with E-state index in [4.69, 9.17) is 9.15 Å². The van der Waals surface area contributed by atoms with Gasteiger partial charge in [-0.2, -0.15) is 0 Å². The van der Waals surface area contributed by atoms with Gasteiger partial charge in [0, 0.05) is 43.9 Å². The van der Waals surface area contributed by atoms with Gasteiger partial charge in [-0.05, 0) is 117 Å². The molecule has 0 radical (unpaired) electrons. The van der Waals surface area contributed by atoms with Gasteiger partial charge in [-0.15, -0.1) is 0 Å². The van der Waals surface area contributed by atoms with E-state index in [0.29, 0.717) is 0 Å². The number of rotatable bonds is 7. The fourth-order valence-electron chi connectivity index (χ4n) is 10.6. The molecular formula is C64H40N2O2. The molecule has 13 aromatic rings. The molecule has 68 heavy (non-hydrogen) atoms.